The maximum absolute atomic E-state index is 13.0. The predicted molar refractivity (Wildman–Crippen MR) is 100 cm³/mol. The Bertz CT molecular complexity index is 855. The van der Waals surface area contributed by atoms with Gasteiger partial charge in [0.05, 0.1) is 24.5 Å². The zero-order valence-corrected chi connectivity index (χ0v) is 16.2. The minimum Gasteiger partial charge on any atom is -0.493 e. The van der Waals surface area contributed by atoms with Crippen molar-refractivity contribution in [1.82, 2.24) is 4.31 Å². The van der Waals surface area contributed by atoms with Crippen LogP contribution in [0, 0.1) is 0 Å². The Kier molecular flexibility index (Phi) is 5.48. The lowest BCUT2D eigenvalue weighted by atomic mass is 10.2. The Morgan fingerprint density at radius 1 is 1.08 bits per heavy atom. The van der Waals surface area contributed by atoms with Crippen LogP contribution in [-0.4, -0.2) is 39.2 Å². The molecule has 0 spiro atoms. The quantitative estimate of drug-likeness (QED) is 0.765. The number of ether oxygens (including phenoxy) is 2. The van der Waals surface area contributed by atoms with E-state index < -0.39 is 10.0 Å². The molecule has 0 N–H and O–H groups in total. The summed E-state index contributed by atoms with van der Waals surface area (Å²) >= 11 is 7.45. The molecular weight excluding hydrogens is 382 g/mol. The molecular formula is C17H18ClNO4S2. The van der Waals surface area contributed by atoms with Gasteiger partial charge in [-0.2, -0.15) is 4.31 Å². The molecule has 5 nitrogen and oxygen atoms in total. The molecule has 134 valence electrons. The predicted octanol–water partition coefficient (Wildman–Crippen LogP) is 3.79. The van der Waals surface area contributed by atoms with Crippen LogP contribution in [0.15, 0.2) is 47.4 Å². The third kappa shape index (κ3) is 3.60. The van der Waals surface area contributed by atoms with E-state index in [4.69, 9.17) is 21.1 Å². The van der Waals surface area contributed by atoms with Crippen LogP contribution in [0.4, 0.5) is 0 Å². The van der Waals surface area contributed by atoms with E-state index in [2.05, 4.69) is 0 Å². The lowest BCUT2D eigenvalue weighted by Crippen LogP contribution is -2.30. The highest BCUT2D eigenvalue weighted by Crippen LogP contribution is 2.43. The number of nitrogens with zero attached hydrogens (tertiary/aromatic N) is 1. The van der Waals surface area contributed by atoms with E-state index in [9.17, 15) is 8.42 Å². The zero-order chi connectivity index (χ0) is 18.0. The van der Waals surface area contributed by atoms with Gasteiger partial charge in [0.15, 0.2) is 11.5 Å². The summed E-state index contributed by atoms with van der Waals surface area (Å²) in [4.78, 5) is 0.241. The van der Waals surface area contributed by atoms with Gasteiger partial charge >= 0.3 is 0 Å². The molecule has 3 rings (SSSR count). The molecule has 1 fully saturated rings. The number of halogens is 1. The van der Waals surface area contributed by atoms with Crippen LogP contribution in [0.2, 0.25) is 5.02 Å². The second-order valence-electron chi connectivity index (χ2n) is 5.41. The first kappa shape index (κ1) is 18.4. The van der Waals surface area contributed by atoms with Crippen LogP contribution in [0.5, 0.6) is 11.5 Å². The molecule has 8 heteroatoms. The fourth-order valence-corrected chi connectivity index (χ4v) is 6.07. The topological polar surface area (TPSA) is 55.8 Å². The van der Waals surface area contributed by atoms with E-state index in [1.807, 2.05) is 12.1 Å². The second kappa shape index (κ2) is 7.45. The standard InChI is InChI=1S/C17H18ClNO4S2/c1-22-15-8-3-12(11-16(15)23-2)17-19(9-10-24-17)25(20,21)14-6-4-13(18)5-7-14/h3-8,11,17H,9-10H2,1-2H3/t17-/m1/s1. The van der Waals surface area contributed by atoms with Gasteiger partial charge in [-0.25, -0.2) is 8.42 Å². The summed E-state index contributed by atoms with van der Waals surface area (Å²) in [6, 6.07) is 11.7. The molecule has 0 radical (unpaired) electrons. The highest BCUT2D eigenvalue weighted by Gasteiger charge is 2.37. The van der Waals surface area contributed by atoms with E-state index in [1.54, 1.807) is 44.2 Å². The Labute approximate surface area is 156 Å². The fourth-order valence-electron chi connectivity index (χ4n) is 2.71. The first-order valence-corrected chi connectivity index (χ1v) is 10.4. The van der Waals surface area contributed by atoms with E-state index in [0.717, 1.165) is 11.3 Å². The molecule has 0 saturated carbocycles. The minimum atomic E-state index is -3.61. The second-order valence-corrected chi connectivity index (χ2v) is 8.92. The molecule has 2 aromatic rings. The van der Waals surface area contributed by atoms with E-state index >= 15 is 0 Å². The number of hydrogen-bond acceptors (Lipinski definition) is 5. The maximum Gasteiger partial charge on any atom is 0.244 e. The van der Waals surface area contributed by atoms with E-state index in [1.165, 1.54) is 16.4 Å². The molecule has 0 aromatic heterocycles. The molecule has 1 aliphatic heterocycles. The number of thioether (sulfide) groups is 1. The van der Waals surface area contributed by atoms with Crippen LogP contribution in [0.25, 0.3) is 0 Å². The third-order valence-electron chi connectivity index (χ3n) is 3.96. The van der Waals surface area contributed by atoms with Gasteiger partial charge in [-0.1, -0.05) is 17.7 Å². The van der Waals surface area contributed by atoms with Gasteiger partial charge in [-0.05, 0) is 42.0 Å². The number of sulfonamides is 1. The monoisotopic (exact) mass is 399 g/mol. The maximum atomic E-state index is 13.0. The Morgan fingerprint density at radius 3 is 2.40 bits per heavy atom. The Balaban J connectivity index is 1.96. The van der Waals surface area contributed by atoms with E-state index in [-0.39, 0.29) is 10.3 Å². The summed E-state index contributed by atoms with van der Waals surface area (Å²) in [5, 5.41) is 0.201. The highest BCUT2D eigenvalue weighted by molar-refractivity contribution is 8.01. The molecule has 1 atom stereocenters. The van der Waals surface area contributed by atoms with Crippen molar-refractivity contribution >= 4 is 33.4 Å². The van der Waals surface area contributed by atoms with Gasteiger partial charge in [0, 0.05) is 17.3 Å². The van der Waals surface area contributed by atoms with Crippen LogP contribution < -0.4 is 9.47 Å². The molecule has 0 bridgehead atoms. The van der Waals surface area contributed by atoms with Gasteiger partial charge in [-0.3, -0.25) is 0 Å². The normalized spacial score (nSPS) is 18.3. The zero-order valence-electron chi connectivity index (χ0n) is 13.8. The van der Waals surface area contributed by atoms with Crippen molar-refractivity contribution in [2.45, 2.75) is 10.3 Å². The van der Waals surface area contributed by atoms with Gasteiger partial charge in [0.25, 0.3) is 0 Å². The average Bonchev–Trinajstić information content (AvgIpc) is 3.12. The highest BCUT2D eigenvalue weighted by atomic mass is 35.5. The molecule has 1 heterocycles. The van der Waals surface area contributed by atoms with Gasteiger partial charge in [0.2, 0.25) is 10.0 Å². The lowest BCUT2D eigenvalue weighted by molar-refractivity contribution is 0.353. The van der Waals surface area contributed by atoms with Gasteiger partial charge in [-0.15, -0.1) is 11.8 Å². The number of rotatable bonds is 5. The SMILES string of the molecule is COc1ccc([C@H]2SCCN2S(=O)(=O)c2ccc(Cl)cc2)cc1OC. The van der Waals surface area contributed by atoms with Crippen molar-refractivity contribution in [3.63, 3.8) is 0 Å². The van der Waals surface area contributed by atoms with Gasteiger partial charge in [0.1, 0.15) is 0 Å². The average molecular weight is 400 g/mol. The van der Waals surface area contributed by atoms with E-state index in [0.29, 0.717) is 23.1 Å². The lowest BCUT2D eigenvalue weighted by Gasteiger charge is -2.24. The number of benzene rings is 2. The van der Waals surface area contributed by atoms with Gasteiger partial charge < -0.3 is 9.47 Å². The summed E-state index contributed by atoms with van der Waals surface area (Å²) < 4.78 is 38.1. The molecule has 2 aromatic carbocycles. The molecule has 0 amide bonds. The Hall–Kier alpha value is -1.41. The summed E-state index contributed by atoms with van der Waals surface area (Å²) in [6.07, 6.45) is 0. The van der Waals surface area contributed by atoms with Crippen molar-refractivity contribution in [3.8, 4) is 11.5 Å². The molecule has 25 heavy (non-hydrogen) atoms. The fraction of sp³-hybridized carbons (Fsp3) is 0.294. The summed E-state index contributed by atoms with van der Waals surface area (Å²) in [5.41, 5.74) is 0.859. The summed E-state index contributed by atoms with van der Waals surface area (Å²) in [6.45, 7) is 0.453. The van der Waals surface area contributed by atoms with Crippen molar-refractivity contribution in [2.75, 3.05) is 26.5 Å². The number of methoxy groups -OCH3 is 2. The van der Waals surface area contributed by atoms with Crippen molar-refractivity contribution < 1.29 is 17.9 Å². The van der Waals surface area contributed by atoms with Crippen LogP contribution in [0.3, 0.4) is 0 Å². The van der Waals surface area contributed by atoms with Crippen LogP contribution in [0.1, 0.15) is 10.9 Å². The summed E-state index contributed by atoms with van der Waals surface area (Å²) in [5.74, 6) is 1.92. The third-order valence-corrected chi connectivity index (χ3v) is 7.49. The Morgan fingerprint density at radius 2 is 1.76 bits per heavy atom. The van der Waals surface area contributed by atoms with Crippen molar-refractivity contribution in [2.24, 2.45) is 0 Å². The smallest absolute Gasteiger partial charge is 0.244 e. The molecule has 0 unspecified atom stereocenters. The molecule has 1 saturated heterocycles. The van der Waals surface area contributed by atoms with Crippen molar-refractivity contribution in [1.29, 1.82) is 0 Å². The molecule has 1 aliphatic rings. The molecule has 0 aliphatic carbocycles. The minimum absolute atomic E-state index is 0.241. The summed E-state index contributed by atoms with van der Waals surface area (Å²) in [7, 11) is -0.476. The van der Waals surface area contributed by atoms with Crippen molar-refractivity contribution in [3.05, 3.63) is 53.1 Å². The van der Waals surface area contributed by atoms with Crippen LogP contribution in [-0.2, 0) is 10.0 Å². The first-order valence-electron chi connectivity index (χ1n) is 7.58. The number of hydrogen-bond donors (Lipinski definition) is 0. The van der Waals surface area contributed by atoms with Crippen LogP contribution >= 0.6 is 23.4 Å². The largest absolute Gasteiger partial charge is 0.493 e. The first-order chi connectivity index (χ1) is 12.0.